The Morgan fingerprint density at radius 2 is 1.95 bits per heavy atom. The van der Waals surface area contributed by atoms with Crippen LogP contribution < -0.4 is 0 Å². The summed E-state index contributed by atoms with van der Waals surface area (Å²) < 4.78 is 4.27. The summed E-state index contributed by atoms with van der Waals surface area (Å²) >= 11 is 6.12. The summed E-state index contributed by atoms with van der Waals surface area (Å²) in [6.07, 6.45) is 0. The van der Waals surface area contributed by atoms with Crippen LogP contribution in [0.2, 0.25) is 0 Å². The predicted octanol–water partition coefficient (Wildman–Crippen LogP) is 2.89. The average molecular weight is 312 g/mol. The van der Waals surface area contributed by atoms with E-state index >= 15 is 0 Å². The lowest BCUT2D eigenvalue weighted by Gasteiger charge is -2.29. The molecule has 0 aliphatic rings. The van der Waals surface area contributed by atoms with Crippen molar-refractivity contribution < 1.29 is 0 Å². The SMILES string of the molecule is CCn1nc(C)c2nc(CCl)n(CC(C)(C)CN(C)C)c21. The van der Waals surface area contributed by atoms with E-state index < -0.39 is 0 Å². The first-order chi connectivity index (χ1) is 9.79. The summed E-state index contributed by atoms with van der Waals surface area (Å²) in [6.45, 7) is 11.4. The zero-order valence-electron chi connectivity index (χ0n) is 13.9. The van der Waals surface area contributed by atoms with Crippen LogP contribution in [0.5, 0.6) is 0 Å². The van der Waals surface area contributed by atoms with E-state index in [9.17, 15) is 0 Å². The Labute approximate surface area is 131 Å². The van der Waals surface area contributed by atoms with Gasteiger partial charge in [0.25, 0.3) is 0 Å². The lowest BCUT2D eigenvalue weighted by Crippen LogP contribution is -2.33. The van der Waals surface area contributed by atoms with Crippen molar-refractivity contribution in [2.24, 2.45) is 5.41 Å². The van der Waals surface area contributed by atoms with Gasteiger partial charge in [0.1, 0.15) is 11.3 Å². The first-order valence-electron chi connectivity index (χ1n) is 7.42. The molecule has 21 heavy (non-hydrogen) atoms. The maximum absolute atomic E-state index is 6.12. The smallest absolute Gasteiger partial charge is 0.158 e. The largest absolute Gasteiger partial charge is 0.311 e. The second-order valence-electron chi connectivity index (χ2n) is 6.72. The highest BCUT2D eigenvalue weighted by Crippen LogP contribution is 2.26. The molecule has 0 radical (unpaired) electrons. The number of hydrogen-bond donors (Lipinski definition) is 0. The van der Waals surface area contributed by atoms with Gasteiger partial charge in [0, 0.05) is 19.6 Å². The van der Waals surface area contributed by atoms with Crippen LogP contribution in [0, 0.1) is 12.3 Å². The van der Waals surface area contributed by atoms with Crippen molar-refractivity contribution in [1.29, 1.82) is 0 Å². The van der Waals surface area contributed by atoms with E-state index in [1.54, 1.807) is 0 Å². The summed E-state index contributed by atoms with van der Waals surface area (Å²) in [5.74, 6) is 1.36. The second-order valence-corrected chi connectivity index (χ2v) is 6.99. The molecule has 2 aromatic heterocycles. The van der Waals surface area contributed by atoms with Crippen LogP contribution in [0.25, 0.3) is 11.2 Å². The lowest BCUT2D eigenvalue weighted by molar-refractivity contribution is 0.211. The fourth-order valence-electron chi connectivity index (χ4n) is 3.09. The number of nitrogens with zero attached hydrogens (tertiary/aromatic N) is 5. The van der Waals surface area contributed by atoms with E-state index in [0.29, 0.717) is 5.88 Å². The molecule has 0 unspecified atom stereocenters. The van der Waals surface area contributed by atoms with Crippen LogP contribution in [-0.4, -0.2) is 44.9 Å². The molecular formula is C15H26ClN5. The summed E-state index contributed by atoms with van der Waals surface area (Å²) in [4.78, 5) is 6.92. The van der Waals surface area contributed by atoms with Crippen LogP contribution in [-0.2, 0) is 19.0 Å². The van der Waals surface area contributed by atoms with Gasteiger partial charge < -0.3 is 9.47 Å². The zero-order chi connectivity index (χ0) is 15.8. The summed E-state index contributed by atoms with van der Waals surface area (Å²) in [5.41, 5.74) is 3.18. The van der Waals surface area contributed by atoms with Gasteiger partial charge in [-0.25, -0.2) is 9.67 Å². The van der Waals surface area contributed by atoms with Crippen molar-refractivity contribution in [3.63, 3.8) is 0 Å². The molecule has 0 bridgehead atoms. The van der Waals surface area contributed by atoms with Gasteiger partial charge >= 0.3 is 0 Å². The first kappa shape index (κ1) is 16.3. The van der Waals surface area contributed by atoms with Gasteiger partial charge in [-0.15, -0.1) is 11.6 Å². The van der Waals surface area contributed by atoms with E-state index in [2.05, 4.69) is 49.4 Å². The van der Waals surface area contributed by atoms with Gasteiger partial charge in [0.15, 0.2) is 5.65 Å². The molecule has 0 saturated carbocycles. The predicted molar refractivity (Wildman–Crippen MR) is 87.8 cm³/mol. The average Bonchev–Trinajstić information content (AvgIpc) is 2.86. The van der Waals surface area contributed by atoms with Gasteiger partial charge in [-0.05, 0) is 33.4 Å². The van der Waals surface area contributed by atoms with E-state index in [1.165, 1.54) is 0 Å². The van der Waals surface area contributed by atoms with Gasteiger partial charge in [-0.3, -0.25) is 0 Å². The summed E-state index contributed by atoms with van der Waals surface area (Å²) in [5, 5.41) is 4.58. The number of alkyl halides is 1. The Hall–Kier alpha value is -1.07. The van der Waals surface area contributed by atoms with Crippen LogP contribution in [0.3, 0.4) is 0 Å². The maximum atomic E-state index is 6.12. The third kappa shape index (κ3) is 3.24. The van der Waals surface area contributed by atoms with E-state index in [0.717, 1.165) is 42.3 Å². The Balaban J connectivity index is 2.50. The van der Waals surface area contributed by atoms with E-state index in [-0.39, 0.29) is 5.41 Å². The highest BCUT2D eigenvalue weighted by Gasteiger charge is 2.25. The van der Waals surface area contributed by atoms with Crippen molar-refractivity contribution in [3.05, 3.63) is 11.5 Å². The number of rotatable bonds is 6. The number of aryl methyl sites for hydroxylation is 2. The molecule has 2 heterocycles. The lowest BCUT2D eigenvalue weighted by atomic mass is 9.93. The Kier molecular flexibility index (Phi) is 4.63. The second kappa shape index (κ2) is 5.97. The molecule has 0 aliphatic heterocycles. The highest BCUT2D eigenvalue weighted by molar-refractivity contribution is 6.16. The molecule has 0 atom stereocenters. The number of imidazole rings is 1. The van der Waals surface area contributed by atoms with Crippen LogP contribution >= 0.6 is 11.6 Å². The molecule has 0 spiro atoms. The normalized spacial score (nSPS) is 12.8. The molecule has 0 aromatic carbocycles. The van der Waals surface area contributed by atoms with Gasteiger partial charge in [0.2, 0.25) is 0 Å². The zero-order valence-corrected chi connectivity index (χ0v) is 14.7. The summed E-state index contributed by atoms with van der Waals surface area (Å²) in [6, 6.07) is 0. The quantitative estimate of drug-likeness (QED) is 0.770. The molecule has 0 N–H and O–H groups in total. The number of halogens is 1. The van der Waals surface area contributed by atoms with Crippen LogP contribution in [0.15, 0.2) is 0 Å². The molecular weight excluding hydrogens is 286 g/mol. The fraction of sp³-hybridized carbons (Fsp3) is 0.733. The molecule has 0 aliphatic carbocycles. The minimum absolute atomic E-state index is 0.134. The van der Waals surface area contributed by atoms with Crippen molar-refractivity contribution in [2.45, 2.75) is 46.7 Å². The van der Waals surface area contributed by atoms with Crippen molar-refractivity contribution >= 4 is 22.8 Å². The topological polar surface area (TPSA) is 38.9 Å². The van der Waals surface area contributed by atoms with Gasteiger partial charge in [-0.2, -0.15) is 5.10 Å². The molecule has 0 amide bonds. The maximum Gasteiger partial charge on any atom is 0.158 e. The van der Waals surface area contributed by atoms with Crippen LogP contribution in [0.4, 0.5) is 0 Å². The molecule has 0 saturated heterocycles. The van der Waals surface area contributed by atoms with Gasteiger partial charge in [0.05, 0.1) is 11.6 Å². The number of aromatic nitrogens is 4. The number of hydrogen-bond acceptors (Lipinski definition) is 3. The molecule has 118 valence electrons. The van der Waals surface area contributed by atoms with E-state index in [4.69, 9.17) is 16.6 Å². The minimum Gasteiger partial charge on any atom is -0.311 e. The van der Waals surface area contributed by atoms with Crippen molar-refractivity contribution in [2.75, 3.05) is 20.6 Å². The van der Waals surface area contributed by atoms with Crippen molar-refractivity contribution in [1.82, 2.24) is 24.2 Å². The Morgan fingerprint density at radius 3 is 2.48 bits per heavy atom. The Morgan fingerprint density at radius 1 is 1.29 bits per heavy atom. The standard InChI is InChI=1S/C15H26ClN5/c1-7-21-14-13(11(2)18-21)17-12(8-16)20(14)10-15(3,4)9-19(5)6/h7-10H2,1-6H3. The third-order valence-electron chi connectivity index (χ3n) is 3.63. The third-order valence-corrected chi connectivity index (χ3v) is 3.87. The Bertz CT molecular complexity index is 624. The molecule has 6 heteroatoms. The monoisotopic (exact) mass is 311 g/mol. The minimum atomic E-state index is 0.134. The number of fused-ring (bicyclic) bond motifs is 1. The molecule has 2 aromatic rings. The molecule has 0 fully saturated rings. The van der Waals surface area contributed by atoms with Crippen molar-refractivity contribution in [3.8, 4) is 0 Å². The fourth-order valence-corrected chi connectivity index (χ4v) is 3.30. The van der Waals surface area contributed by atoms with Crippen LogP contribution in [0.1, 0.15) is 32.3 Å². The molecule has 2 rings (SSSR count). The summed E-state index contributed by atoms with van der Waals surface area (Å²) in [7, 11) is 4.21. The van der Waals surface area contributed by atoms with E-state index in [1.807, 2.05) is 11.6 Å². The molecule has 5 nitrogen and oxygen atoms in total. The highest BCUT2D eigenvalue weighted by atomic mass is 35.5. The first-order valence-corrected chi connectivity index (χ1v) is 7.95. The van der Waals surface area contributed by atoms with Gasteiger partial charge in [-0.1, -0.05) is 13.8 Å².